The Hall–Kier alpha value is -2.06. The summed E-state index contributed by atoms with van der Waals surface area (Å²) in [4.78, 5) is 22.8. The van der Waals surface area contributed by atoms with Gasteiger partial charge in [0.25, 0.3) is 0 Å². The zero-order valence-corrected chi connectivity index (χ0v) is 14.3. The third-order valence-electron chi connectivity index (χ3n) is 3.53. The highest BCUT2D eigenvalue weighted by atomic mass is 16.6. The lowest BCUT2D eigenvalue weighted by Gasteiger charge is -2.18. The number of Topliss-reactive ketones (excluding diaryl/α,β-unsaturated/α-hetero) is 1. The number of carbonyl (C=O) groups is 2. The largest absolute Gasteiger partial charge is 0.486 e. The van der Waals surface area contributed by atoms with Crippen LogP contribution in [-0.4, -0.2) is 62.2 Å². The minimum absolute atomic E-state index is 0.00206. The molecule has 0 aliphatic carbocycles. The lowest BCUT2D eigenvalue weighted by atomic mass is 9.81. The van der Waals surface area contributed by atoms with Crippen molar-refractivity contribution >= 4 is 19.6 Å². The Morgan fingerprint density at radius 2 is 1.80 bits per heavy atom. The lowest BCUT2D eigenvalue weighted by Crippen LogP contribution is -2.31. The molecule has 0 amide bonds. The van der Waals surface area contributed by atoms with Crippen molar-refractivity contribution in [3.8, 4) is 11.5 Å². The maximum absolute atomic E-state index is 11.9. The van der Waals surface area contributed by atoms with Crippen LogP contribution >= 0.6 is 0 Å². The van der Waals surface area contributed by atoms with E-state index in [4.69, 9.17) is 26.8 Å². The van der Waals surface area contributed by atoms with Gasteiger partial charge in [0.15, 0.2) is 12.4 Å². The van der Waals surface area contributed by atoms with Gasteiger partial charge < -0.3 is 24.1 Å². The van der Waals surface area contributed by atoms with Crippen molar-refractivity contribution in [3.05, 3.63) is 24.3 Å². The highest BCUT2D eigenvalue weighted by Crippen LogP contribution is 2.29. The minimum atomic E-state index is -0.936. The van der Waals surface area contributed by atoms with Crippen molar-refractivity contribution in [2.75, 3.05) is 19.8 Å². The average molecular weight is 348 g/mol. The number of rotatable bonds is 8. The maximum atomic E-state index is 11.9. The molecule has 2 rings (SSSR count). The first kappa shape index (κ1) is 19.3. The normalized spacial score (nSPS) is 25.4. The predicted molar refractivity (Wildman–Crippen MR) is 88.7 cm³/mol. The quantitative estimate of drug-likeness (QED) is 0.544. The number of hydrogen-bond donors (Lipinski definition) is 1. The Morgan fingerprint density at radius 3 is 2.32 bits per heavy atom. The molecule has 1 heterocycles. The second-order valence-electron chi connectivity index (χ2n) is 6.13. The van der Waals surface area contributed by atoms with Gasteiger partial charge in [0.05, 0.1) is 6.61 Å². The van der Waals surface area contributed by atoms with Gasteiger partial charge in [-0.25, -0.2) is 4.79 Å². The minimum Gasteiger partial charge on any atom is -0.486 e. The van der Waals surface area contributed by atoms with Crippen LogP contribution in [0.25, 0.3) is 0 Å². The summed E-state index contributed by atoms with van der Waals surface area (Å²) in [5.41, 5.74) is -0.936. The number of ketones is 1. The fraction of sp³-hybridized carbons (Fsp3) is 0.529. The molecular weight excluding hydrogens is 327 g/mol. The molecule has 0 bridgehead atoms. The summed E-state index contributed by atoms with van der Waals surface area (Å²) in [5.74, 6) is 0.328. The van der Waals surface area contributed by atoms with Gasteiger partial charge in [-0.15, -0.1) is 0 Å². The van der Waals surface area contributed by atoms with Crippen molar-refractivity contribution in [3.63, 3.8) is 0 Å². The van der Waals surface area contributed by atoms with Crippen LogP contribution in [-0.2, 0) is 19.1 Å². The molecule has 3 atom stereocenters. The number of carbonyl (C=O) groups excluding carboxylic acids is 2. The summed E-state index contributed by atoms with van der Waals surface area (Å²) in [6.07, 6.45) is -0.957. The van der Waals surface area contributed by atoms with Gasteiger partial charge in [-0.2, -0.15) is 0 Å². The van der Waals surface area contributed by atoms with E-state index in [0.29, 0.717) is 17.9 Å². The highest BCUT2D eigenvalue weighted by molar-refractivity contribution is 6.14. The Morgan fingerprint density at radius 1 is 1.24 bits per heavy atom. The van der Waals surface area contributed by atoms with Gasteiger partial charge in [-0.3, -0.25) is 4.79 Å². The molecule has 1 aliphatic heterocycles. The summed E-state index contributed by atoms with van der Waals surface area (Å²) >= 11 is 0. The van der Waals surface area contributed by atoms with E-state index in [2.05, 4.69) is 0 Å². The maximum Gasteiger partial charge on any atom is 0.344 e. The standard InChI is InChI=1S/C17H21BO7/c1-11(20)9-22-12-3-5-13(6-4-12)23-10-16(21)24-14-7-17(2,18)25-15(14)8-19/h3-6,14-15,19H,7-10H2,1-2H3/t14?,15-,17?/m1/s1. The smallest absolute Gasteiger partial charge is 0.344 e. The van der Waals surface area contributed by atoms with E-state index in [9.17, 15) is 14.7 Å². The van der Waals surface area contributed by atoms with E-state index in [1.165, 1.54) is 6.92 Å². The summed E-state index contributed by atoms with van der Waals surface area (Å²) in [6, 6.07) is 6.51. The molecule has 1 N–H and O–H groups in total. The van der Waals surface area contributed by atoms with Crippen LogP contribution in [0, 0.1) is 0 Å². The van der Waals surface area contributed by atoms with Crippen LogP contribution < -0.4 is 9.47 Å². The van der Waals surface area contributed by atoms with Crippen molar-refractivity contribution in [1.82, 2.24) is 0 Å². The molecule has 134 valence electrons. The second kappa shape index (κ2) is 8.35. The van der Waals surface area contributed by atoms with E-state index in [-0.39, 0.29) is 25.6 Å². The molecule has 1 aromatic rings. The lowest BCUT2D eigenvalue weighted by molar-refractivity contribution is -0.155. The molecule has 8 heteroatoms. The topological polar surface area (TPSA) is 91.3 Å². The van der Waals surface area contributed by atoms with Crippen LogP contribution in [0.1, 0.15) is 20.3 Å². The van der Waals surface area contributed by atoms with E-state index in [1.54, 1.807) is 31.2 Å². The van der Waals surface area contributed by atoms with Crippen LogP contribution in [0.4, 0.5) is 0 Å². The van der Waals surface area contributed by atoms with E-state index in [0.717, 1.165) is 0 Å². The molecule has 0 aromatic heterocycles. The zero-order valence-electron chi connectivity index (χ0n) is 14.3. The SMILES string of the molecule is [B]C1(C)CC(OC(=O)COc2ccc(OCC(C)=O)cc2)[C@@H](CO)O1. The number of esters is 1. The average Bonchev–Trinajstić information content (AvgIpc) is 2.85. The number of hydrogen-bond acceptors (Lipinski definition) is 7. The second-order valence-corrected chi connectivity index (χ2v) is 6.13. The third-order valence-corrected chi connectivity index (χ3v) is 3.53. The summed E-state index contributed by atoms with van der Waals surface area (Å²) in [7, 11) is 5.84. The molecule has 0 saturated carbocycles. The Kier molecular flexibility index (Phi) is 6.44. The van der Waals surface area contributed by atoms with Crippen LogP contribution in [0.2, 0.25) is 0 Å². The van der Waals surface area contributed by atoms with E-state index in [1.807, 2.05) is 0 Å². The molecule has 0 spiro atoms. The Bertz CT molecular complexity index is 600. The molecule has 1 saturated heterocycles. The highest BCUT2D eigenvalue weighted by Gasteiger charge is 2.41. The first-order chi connectivity index (χ1) is 11.8. The van der Waals surface area contributed by atoms with Crippen LogP contribution in [0.5, 0.6) is 11.5 Å². The Labute approximate surface area is 147 Å². The molecule has 25 heavy (non-hydrogen) atoms. The molecule has 2 unspecified atom stereocenters. The van der Waals surface area contributed by atoms with Gasteiger partial charge in [-0.1, -0.05) is 0 Å². The molecule has 2 radical (unpaired) electrons. The molecule has 1 fully saturated rings. The van der Waals surface area contributed by atoms with Crippen LogP contribution in [0.15, 0.2) is 24.3 Å². The number of benzene rings is 1. The molecule has 7 nitrogen and oxygen atoms in total. The van der Waals surface area contributed by atoms with E-state index < -0.39 is 23.7 Å². The molecule has 1 aromatic carbocycles. The fourth-order valence-electron chi connectivity index (χ4n) is 2.44. The summed E-state index contributed by atoms with van der Waals surface area (Å²) in [5, 5.41) is 9.26. The van der Waals surface area contributed by atoms with E-state index >= 15 is 0 Å². The van der Waals surface area contributed by atoms with Crippen LogP contribution in [0.3, 0.4) is 0 Å². The molecule has 1 aliphatic rings. The van der Waals surface area contributed by atoms with Crippen molar-refractivity contribution in [2.24, 2.45) is 0 Å². The summed E-state index contributed by atoms with van der Waals surface area (Å²) in [6.45, 7) is 2.53. The van der Waals surface area contributed by atoms with Gasteiger partial charge in [0.1, 0.15) is 38.2 Å². The van der Waals surface area contributed by atoms with Crippen molar-refractivity contribution in [1.29, 1.82) is 0 Å². The molecular formula is C17H21BO7. The van der Waals surface area contributed by atoms with Gasteiger partial charge in [0.2, 0.25) is 0 Å². The first-order valence-corrected chi connectivity index (χ1v) is 7.91. The zero-order chi connectivity index (χ0) is 18.4. The first-order valence-electron chi connectivity index (χ1n) is 7.91. The van der Waals surface area contributed by atoms with Gasteiger partial charge >= 0.3 is 5.97 Å². The number of ether oxygens (including phenoxy) is 4. The Balaban J connectivity index is 1.79. The van der Waals surface area contributed by atoms with Crippen molar-refractivity contribution in [2.45, 2.75) is 38.0 Å². The fourth-order valence-corrected chi connectivity index (χ4v) is 2.44. The number of aliphatic hydroxyl groups is 1. The van der Waals surface area contributed by atoms with Gasteiger partial charge in [-0.05, 0) is 38.1 Å². The monoisotopic (exact) mass is 348 g/mol. The predicted octanol–water partition coefficient (Wildman–Crippen LogP) is 0.611. The van der Waals surface area contributed by atoms with Gasteiger partial charge in [0, 0.05) is 11.9 Å². The van der Waals surface area contributed by atoms with Crippen molar-refractivity contribution < 1.29 is 33.6 Å². The third kappa shape index (κ3) is 6.06. The summed E-state index contributed by atoms with van der Waals surface area (Å²) < 4.78 is 21.3. The number of aliphatic hydroxyl groups excluding tert-OH is 1.